The van der Waals surface area contributed by atoms with Crippen LogP contribution in [0.3, 0.4) is 0 Å². The van der Waals surface area contributed by atoms with Crippen LogP contribution in [-0.4, -0.2) is 46.3 Å². The van der Waals surface area contributed by atoms with E-state index in [2.05, 4.69) is 11.6 Å². The van der Waals surface area contributed by atoms with Crippen LogP contribution >= 0.6 is 11.8 Å². The zero-order valence-corrected chi connectivity index (χ0v) is 13.9. The minimum Gasteiger partial charge on any atom is -0.340 e. The van der Waals surface area contributed by atoms with Crippen molar-refractivity contribution >= 4 is 23.6 Å². The number of nitrogens with zero attached hydrogens (tertiary/aromatic N) is 1. The maximum atomic E-state index is 12.9. The molecule has 1 atom stereocenters. The molecule has 0 spiro atoms. The topological polar surface area (TPSA) is 49.4 Å². The number of thioether (sulfide) groups is 1. The van der Waals surface area contributed by atoms with Gasteiger partial charge in [-0.2, -0.15) is 11.8 Å². The highest BCUT2D eigenvalue weighted by Gasteiger charge is 2.53. The fraction of sp³-hybridized carbons (Fsp3) is 0.875. The van der Waals surface area contributed by atoms with Gasteiger partial charge in [0, 0.05) is 11.3 Å². The number of piperazine rings is 1. The van der Waals surface area contributed by atoms with Crippen molar-refractivity contribution in [2.75, 3.05) is 19.3 Å². The summed E-state index contributed by atoms with van der Waals surface area (Å²) in [5.74, 6) is 0.494. The zero-order valence-electron chi connectivity index (χ0n) is 13.1. The van der Waals surface area contributed by atoms with Crippen LogP contribution in [0.25, 0.3) is 0 Å². The van der Waals surface area contributed by atoms with E-state index in [1.807, 2.05) is 23.6 Å². The highest BCUT2D eigenvalue weighted by molar-refractivity contribution is 8.00. The molecule has 1 saturated heterocycles. The first-order valence-electron chi connectivity index (χ1n) is 8.15. The van der Waals surface area contributed by atoms with Gasteiger partial charge in [-0.15, -0.1) is 0 Å². The van der Waals surface area contributed by atoms with Gasteiger partial charge in [-0.05, 0) is 44.8 Å². The van der Waals surface area contributed by atoms with Crippen LogP contribution in [0.4, 0.5) is 0 Å². The second-order valence-corrected chi connectivity index (χ2v) is 8.41. The summed E-state index contributed by atoms with van der Waals surface area (Å²) >= 11 is 1.89. The highest BCUT2D eigenvalue weighted by Crippen LogP contribution is 2.43. The Kier molecular flexibility index (Phi) is 3.97. The first-order valence-corrected chi connectivity index (χ1v) is 9.37. The molecule has 2 amide bonds. The van der Waals surface area contributed by atoms with Crippen LogP contribution < -0.4 is 5.32 Å². The molecule has 4 nitrogen and oxygen atoms in total. The molecule has 1 N–H and O–H groups in total. The normalized spacial score (nSPS) is 33.0. The standard InChI is InChI=1S/C16H26N2O2S/c1-15(12-6-7-12)14(20)18(10-13(19)17-15)11-16(21-2)8-4-3-5-9-16/h12H,3-11H2,1-2H3,(H,17,19). The van der Waals surface area contributed by atoms with Crippen LogP contribution in [0.5, 0.6) is 0 Å². The molecule has 3 rings (SSSR count). The van der Waals surface area contributed by atoms with E-state index >= 15 is 0 Å². The summed E-state index contributed by atoms with van der Waals surface area (Å²) in [7, 11) is 0. The lowest BCUT2D eigenvalue weighted by molar-refractivity contribution is -0.150. The van der Waals surface area contributed by atoms with Gasteiger partial charge < -0.3 is 10.2 Å². The SMILES string of the molecule is CSC1(CN2CC(=O)NC(C)(C3CC3)C2=O)CCCCC1. The number of carbonyl (C=O) groups excluding carboxylic acids is 2. The maximum Gasteiger partial charge on any atom is 0.248 e. The summed E-state index contributed by atoms with van der Waals surface area (Å²) in [5.41, 5.74) is -0.649. The van der Waals surface area contributed by atoms with E-state index in [1.165, 1.54) is 32.1 Å². The summed E-state index contributed by atoms with van der Waals surface area (Å²) < 4.78 is 0.163. The van der Waals surface area contributed by atoms with E-state index < -0.39 is 5.54 Å². The molecular formula is C16H26N2O2S. The molecule has 2 saturated carbocycles. The smallest absolute Gasteiger partial charge is 0.248 e. The molecule has 5 heteroatoms. The average molecular weight is 310 g/mol. The van der Waals surface area contributed by atoms with Crippen molar-refractivity contribution in [1.82, 2.24) is 10.2 Å². The summed E-state index contributed by atoms with van der Waals surface area (Å²) in [6.45, 7) is 2.90. The van der Waals surface area contributed by atoms with Gasteiger partial charge in [0.2, 0.25) is 11.8 Å². The number of amides is 2. The quantitative estimate of drug-likeness (QED) is 0.866. The van der Waals surface area contributed by atoms with E-state index in [0.717, 1.165) is 19.4 Å². The zero-order chi connectivity index (χ0) is 15.1. The van der Waals surface area contributed by atoms with Crippen molar-refractivity contribution in [2.45, 2.75) is 62.2 Å². The van der Waals surface area contributed by atoms with Gasteiger partial charge in [-0.3, -0.25) is 9.59 Å². The van der Waals surface area contributed by atoms with Crippen molar-refractivity contribution in [1.29, 1.82) is 0 Å². The largest absolute Gasteiger partial charge is 0.340 e. The van der Waals surface area contributed by atoms with Crippen molar-refractivity contribution in [3.63, 3.8) is 0 Å². The number of nitrogens with one attached hydrogen (secondary N) is 1. The molecule has 118 valence electrons. The Morgan fingerprint density at radius 2 is 1.90 bits per heavy atom. The van der Waals surface area contributed by atoms with Gasteiger partial charge in [-0.1, -0.05) is 19.3 Å². The lowest BCUT2D eigenvalue weighted by Crippen LogP contribution is -2.67. The van der Waals surface area contributed by atoms with Crippen molar-refractivity contribution in [3.05, 3.63) is 0 Å². The fourth-order valence-electron chi connectivity index (χ4n) is 3.99. The summed E-state index contributed by atoms with van der Waals surface area (Å²) in [5, 5.41) is 2.97. The van der Waals surface area contributed by atoms with E-state index in [0.29, 0.717) is 5.92 Å². The molecule has 2 aliphatic carbocycles. The fourth-order valence-corrected chi connectivity index (χ4v) is 4.97. The van der Waals surface area contributed by atoms with Crippen LogP contribution in [0, 0.1) is 5.92 Å². The van der Waals surface area contributed by atoms with Gasteiger partial charge in [-0.25, -0.2) is 0 Å². The lowest BCUT2D eigenvalue weighted by atomic mass is 9.86. The molecule has 21 heavy (non-hydrogen) atoms. The molecule has 0 aromatic carbocycles. The van der Waals surface area contributed by atoms with Crippen LogP contribution in [-0.2, 0) is 9.59 Å². The maximum absolute atomic E-state index is 12.9. The molecule has 3 aliphatic rings. The Labute approximate surface area is 131 Å². The van der Waals surface area contributed by atoms with E-state index in [4.69, 9.17) is 0 Å². The minimum absolute atomic E-state index is 0.0102. The Hall–Kier alpha value is -0.710. The predicted molar refractivity (Wildman–Crippen MR) is 85.2 cm³/mol. The van der Waals surface area contributed by atoms with Gasteiger partial charge in [0.1, 0.15) is 5.54 Å². The summed E-state index contributed by atoms with van der Waals surface area (Å²) in [6, 6.07) is 0. The third-order valence-electron chi connectivity index (χ3n) is 5.54. The lowest BCUT2D eigenvalue weighted by Gasteiger charge is -2.45. The van der Waals surface area contributed by atoms with Gasteiger partial charge >= 0.3 is 0 Å². The summed E-state index contributed by atoms with van der Waals surface area (Å²) in [4.78, 5) is 26.8. The number of hydrogen-bond donors (Lipinski definition) is 1. The molecule has 0 bridgehead atoms. The van der Waals surface area contributed by atoms with Gasteiger partial charge in [0.05, 0.1) is 6.54 Å². The molecule has 0 aromatic heterocycles. The van der Waals surface area contributed by atoms with E-state index in [9.17, 15) is 9.59 Å². The second kappa shape index (κ2) is 5.49. The average Bonchev–Trinajstić information content (AvgIpc) is 3.30. The predicted octanol–water partition coefficient (Wildman–Crippen LogP) is 2.18. The molecule has 3 fully saturated rings. The molecular weight excluding hydrogens is 284 g/mol. The molecule has 0 aromatic rings. The first kappa shape index (κ1) is 15.2. The molecule has 1 aliphatic heterocycles. The number of rotatable bonds is 4. The van der Waals surface area contributed by atoms with Crippen LogP contribution in [0.15, 0.2) is 0 Å². The number of carbonyl (C=O) groups is 2. The summed E-state index contributed by atoms with van der Waals surface area (Å²) in [6.07, 6.45) is 10.4. The van der Waals surface area contributed by atoms with E-state index in [1.54, 1.807) is 0 Å². The van der Waals surface area contributed by atoms with Crippen molar-refractivity contribution < 1.29 is 9.59 Å². The van der Waals surface area contributed by atoms with Gasteiger partial charge in [0.15, 0.2) is 0 Å². The molecule has 1 unspecified atom stereocenters. The number of hydrogen-bond acceptors (Lipinski definition) is 3. The van der Waals surface area contributed by atoms with Crippen molar-refractivity contribution in [2.24, 2.45) is 5.92 Å². The molecule has 1 heterocycles. The first-order chi connectivity index (χ1) is 9.99. The van der Waals surface area contributed by atoms with Crippen molar-refractivity contribution in [3.8, 4) is 0 Å². The third-order valence-corrected chi connectivity index (χ3v) is 6.94. The Morgan fingerprint density at radius 3 is 2.48 bits per heavy atom. The Balaban J connectivity index is 1.77. The van der Waals surface area contributed by atoms with E-state index in [-0.39, 0.29) is 23.1 Å². The van der Waals surface area contributed by atoms with Crippen LogP contribution in [0.1, 0.15) is 51.9 Å². The van der Waals surface area contributed by atoms with Crippen LogP contribution in [0.2, 0.25) is 0 Å². The third kappa shape index (κ3) is 2.81. The Morgan fingerprint density at radius 1 is 1.24 bits per heavy atom. The monoisotopic (exact) mass is 310 g/mol. The molecule has 0 radical (unpaired) electrons. The Bertz CT molecular complexity index is 444. The minimum atomic E-state index is -0.649. The van der Waals surface area contributed by atoms with Gasteiger partial charge in [0.25, 0.3) is 0 Å². The highest BCUT2D eigenvalue weighted by atomic mass is 32.2. The second-order valence-electron chi connectivity index (χ2n) is 7.13.